The summed E-state index contributed by atoms with van der Waals surface area (Å²) < 4.78 is 16.8. The molecule has 3 atom stereocenters. The number of hydrogen-bond acceptors (Lipinski definition) is 4. The van der Waals surface area contributed by atoms with Crippen LogP contribution in [0, 0.1) is 5.92 Å². The Labute approximate surface area is 137 Å². The minimum Gasteiger partial charge on any atom is -0.444 e. The Bertz CT molecular complexity index is 369. The second kappa shape index (κ2) is 9.50. The molecule has 130 valence electrons. The van der Waals surface area contributed by atoms with E-state index in [0.717, 1.165) is 25.1 Å². The van der Waals surface area contributed by atoms with Crippen LogP contribution in [0.5, 0.6) is 0 Å². The minimum atomic E-state index is -0.717. The lowest BCUT2D eigenvalue weighted by molar-refractivity contribution is 0.0511. The van der Waals surface area contributed by atoms with Crippen LogP contribution in [-0.2, 0) is 15.5 Å². The third kappa shape index (κ3) is 8.13. The maximum atomic E-state index is 11.8. The van der Waals surface area contributed by atoms with E-state index in [2.05, 4.69) is 10.6 Å². The van der Waals surface area contributed by atoms with E-state index in [4.69, 9.17) is 4.74 Å². The maximum absolute atomic E-state index is 11.8. The normalized spacial score (nSPS) is 23.8. The standard InChI is InChI=1S/C16H32N2O3S/c1-5-22(20)11-10-17-14-9-7-6-8-13(14)12-18-15(19)21-16(2,3)4/h13-14,17H,5-12H2,1-4H3,(H,18,19). The molecule has 0 heterocycles. The molecule has 1 rings (SSSR count). The fourth-order valence-corrected chi connectivity index (χ4v) is 3.39. The van der Waals surface area contributed by atoms with Crippen molar-refractivity contribution in [2.75, 3.05) is 24.6 Å². The molecule has 0 saturated heterocycles. The number of carbonyl (C=O) groups excluding carboxylic acids is 1. The molecule has 0 radical (unpaired) electrons. The molecular formula is C16H32N2O3S. The number of hydrogen-bond donors (Lipinski definition) is 2. The molecule has 2 N–H and O–H groups in total. The van der Waals surface area contributed by atoms with Crippen molar-refractivity contribution in [3.8, 4) is 0 Å². The fourth-order valence-electron chi connectivity index (χ4n) is 2.75. The molecule has 0 spiro atoms. The molecule has 1 saturated carbocycles. The lowest BCUT2D eigenvalue weighted by Gasteiger charge is -2.32. The van der Waals surface area contributed by atoms with Gasteiger partial charge in [-0.15, -0.1) is 0 Å². The Morgan fingerprint density at radius 3 is 2.59 bits per heavy atom. The van der Waals surface area contributed by atoms with E-state index in [1.54, 1.807) is 0 Å². The zero-order chi connectivity index (χ0) is 16.6. The molecule has 0 bridgehead atoms. The van der Waals surface area contributed by atoms with Gasteiger partial charge in [-0.3, -0.25) is 4.21 Å². The number of rotatable bonds is 7. The van der Waals surface area contributed by atoms with Crippen molar-refractivity contribution in [2.24, 2.45) is 5.92 Å². The number of carbonyl (C=O) groups is 1. The van der Waals surface area contributed by atoms with Gasteiger partial charge >= 0.3 is 6.09 Å². The average Bonchev–Trinajstić information content (AvgIpc) is 2.44. The van der Waals surface area contributed by atoms with Gasteiger partial charge in [0.25, 0.3) is 0 Å². The van der Waals surface area contributed by atoms with Gasteiger partial charge in [-0.05, 0) is 39.5 Å². The van der Waals surface area contributed by atoms with Crippen LogP contribution in [0.4, 0.5) is 4.79 Å². The summed E-state index contributed by atoms with van der Waals surface area (Å²) in [5.41, 5.74) is -0.460. The van der Waals surface area contributed by atoms with E-state index >= 15 is 0 Å². The number of amides is 1. The molecule has 22 heavy (non-hydrogen) atoms. The molecular weight excluding hydrogens is 300 g/mol. The molecule has 0 aliphatic heterocycles. The van der Waals surface area contributed by atoms with Gasteiger partial charge in [-0.25, -0.2) is 4.79 Å². The van der Waals surface area contributed by atoms with Crippen LogP contribution >= 0.6 is 0 Å². The second-order valence-corrected chi connectivity index (χ2v) is 8.79. The van der Waals surface area contributed by atoms with Crippen LogP contribution in [0.3, 0.4) is 0 Å². The third-order valence-electron chi connectivity index (χ3n) is 3.87. The van der Waals surface area contributed by atoms with Crippen LogP contribution in [0.15, 0.2) is 0 Å². The summed E-state index contributed by atoms with van der Waals surface area (Å²) in [6, 6.07) is 0.401. The second-order valence-electron chi connectivity index (χ2n) is 6.92. The van der Waals surface area contributed by atoms with E-state index < -0.39 is 16.4 Å². The van der Waals surface area contributed by atoms with Gasteiger partial charge in [0.05, 0.1) is 0 Å². The molecule has 0 aromatic rings. The van der Waals surface area contributed by atoms with E-state index in [-0.39, 0.29) is 6.09 Å². The van der Waals surface area contributed by atoms with Crippen molar-refractivity contribution in [2.45, 2.75) is 65.0 Å². The molecule has 1 aliphatic rings. The summed E-state index contributed by atoms with van der Waals surface area (Å²) in [7, 11) is -0.717. The van der Waals surface area contributed by atoms with Gasteiger partial charge in [0.2, 0.25) is 0 Å². The summed E-state index contributed by atoms with van der Waals surface area (Å²) in [4.78, 5) is 11.8. The maximum Gasteiger partial charge on any atom is 0.407 e. The van der Waals surface area contributed by atoms with Gasteiger partial charge in [-0.2, -0.15) is 0 Å². The molecule has 0 aromatic heterocycles. The van der Waals surface area contributed by atoms with Crippen molar-refractivity contribution in [1.29, 1.82) is 0 Å². The van der Waals surface area contributed by atoms with Gasteiger partial charge in [0.1, 0.15) is 5.60 Å². The summed E-state index contributed by atoms with van der Waals surface area (Å²) in [5.74, 6) is 1.85. The predicted octanol–water partition coefficient (Wildman–Crippen LogP) is 2.43. The smallest absolute Gasteiger partial charge is 0.407 e. The van der Waals surface area contributed by atoms with Crippen molar-refractivity contribution in [3.05, 3.63) is 0 Å². The van der Waals surface area contributed by atoms with Crippen LogP contribution in [0.1, 0.15) is 53.4 Å². The van der Waals surface area contributed by atoms with Gasteiger partial charge in [0.15, 0.2) is 0 Å². The molecule has 1 fully saturated rings. The molecule has 5 nitrogen and oxygen atoms in total. The number of nitrogens with one attached hydrogen (secondary N) is 2. The highest BCUT2D eigenvalue weighted by Crippen LogP contribution is 2.24. The molecule has 1 aliphatic carbocycles. The Kier molecular flexibility index (Phi) is 8.39. The fraction of sp³-hybridized carbons (Fsp3) is 0.938. The zero-order valence-corrected chi connectivity index (χ0v) is 15.3. The van der Waals surface area contributed by atoms with Crippen LogP contribution in [0.25, 0.3) is 0 Å². The molecule has 1 amide bonds. The average molecular weight is 333 g/mol. The van der Waals surface area contributed by atoms with Gasteiger partial charge in [-0.1, -0.05) is 19.8 Å². The highest BCUT2D eigenvalue weighted by Gasteiger charge is 2.26. The van der Waals surface area contributed by atoms with Crippen LogP contribution in [-0.4, -0.2) is 46.5 Å². The summed E-state index contributed by atoms with van der Waals surface area (Å²) in [6.45, 7) is 8.98. The highest BCUT2D eigenvalue weighted by atomic mass is 32.2. The number of alkyl carbamates (subject to hydrolysis) is 1. The minimum absolute atomic E-state index is 0.344. The first-order chi connectivity index (χ1) is 10.3. The third-order valence-corrected chi connectivity index (χ3v) is 5.18. The number of ether oxygens (including phenoxy) is 1. The summed E-state index contributed by atoms with van der Waals surface area (Å²) >= 11 is 0. The Morgan fingerprint density at radius 1 is 1.27 bits per heavy atom. The first kappa shape index (κ1) is 19.4. The zero-order valence-electron chi connectivity index (χ0n) is 14.4. The Balaban J connectivity index is 2.35. The van der Waals surface area contributed by atoms with Gasteiger partial charge < -0.3 is 15.4 Å². The molecule has 0 aromatic carbocycles. The lowest BCUT2D eigenvalue weighted by Crippen LogP contribution is -2.46. The SMILES string of the molecule is CCS(=O)CCNC1CCCCC1CNC(=O)OC(C)(C)C. The van der Waals surface area contributed by atoms with Crippen LogP contribution in [0.2, 0.25) is 0 Å². The molecule has 3 unspecified atom stereocenters. The van der Waals surface area contributed by atoms with E-state index in [9.17, 15) is 9.00 Å². The van der Waals surface area contributed by atoms with E-state index in [0.29, 0.717) is 24.3 Å². The predicted molar refractivity (Wildman–Crippen MR) is 91.5 cm³/mol. The van der Waals surface area contributed by atoms with Crippen LogP contribution < -0.4 is 10.6 Å². The van der Waals surface area contributed by atoms with E-state index in [1.807, 2.05) is 27.7 Å². The Hall–Kier alpha value is -0.620. The van der Waals surface area contributed by atoms with Crippen molar-refractivity contribution < 1.29 is 13.7 Å². The highest BCUT2D eigenvalue weighted by molar-refractivity contribution is 7.84. The van der Waals surface area contributed by atoms with Crippen molar-refractivity contribution >= 4 is 16.9 Å². The monoisotopic (exact) mass is 332 g/mol. The lowest BCUT2D eigenvalue weighted by atomic mass is 9.84. The molecule has 6 heteroatoms. The summed E-state index contributed by atoms with van der Waals surface area (Å²) in [6.07, 6.45) is 4.32. The largest absolute Gasteiger partial charge is 0.444 e. The van der Waals surface area contributed by atoms with Crippen molar-refractivity contribution in [1.82, 2.24) is 10.6 Å². The quantitative estimate of drug-likeness (QED) is 0.751. The van der Waals surface area contributed by atoms with Gasteiger partial charge in [0, 0.05) is 41.4 Å². The van der Waals surface area contributed by atoms with Crippen molar-refractivity contribution in [3.63, 3.8) is 0 Å². The Morgan fingerprint density at radius 2 is 1.95 bits per heavy atom. The summed E-state index contributed by atoms with van der Waals surface area (Å²) in [5, 5.41) is 6.41. The first-order valence-corrected chi connectivity index (χ1v) is 9.86. The topological polar surface area (TPSA) is 67.4 Å². The first-order valence-electron chi connectivity index (χ1n) is 8.37. The van der Waals surface area contributed by atoms with E-state index in [1.165, 1.54) is 12.8 Å².